The lowest BCUT2D eigenvalue weighted by Gasteiger charge is -2.17. The molecule has 0 radical (unpaired) electrons. The minimum absolute atomic E-state index is 0.262. The molecule has 0 aromatic carbocycles. The fraction of sp³-hybridized carbons (Fsp3) is 0.588. The number of rotatable bonds is 5. The maximum absolute atomic E-state index is 12.4. The van der Waals surface area contributed by atoms with E-state index >= 15 is 0 Å². The molecule has 132 valence electrons. The van der Waals surface area contributed by atoms with Crippen LogP contribution in [0.3, 0.4) is 0 Å². The molecule has 2 rings (SSSR count). The summed E-state index contributed by atoms with van der Waals surface area (Å²) in [5.41, 5.74) is 4.12. The van der Waals surface area contributed by atoms with Gasteiger partial charge in [0, 0.05) is 35.5 Å². The summed E-state index contributed by atoms with van der Waals surface area (Å²) in [5.74, 6) is -0.262. The normalized spacial score (nSPS) is 14.3. The Hall–Kier alpha value is -1.21. The Kier molecular flexibility index (Phi) is 7.42. The van der Waals surface area contributed by atoms with Gasteiger partial charge in [0.05, 0.1) is 0 Å². The minimum atomic E-state index is -0.262. The van der Waals surface area contributed by atoms with Crippen molar-refractivity contribution in [2.75, 3.05) is 18.0 Å². The Morgan fingerprint density at radius 1 is 1.21 bits per heavy atom. The number of hydrogen-bond acceptors (Lipinski definition) is 6. The molecular weight excluding hydrogens is 340 g/mol. The van der Waals surface area contributed by atoms with E-state index in [1.807, 2.05) is 12.1 Å². The largest absolute Gasteiger partial charge is 0.371 e. The molecule has 2 heterocycles. The molecule has 1 fully saturated rings. The second-order valence-electron chi connectivity index (χ2n) is 6.25. The summed E-state index contributed by atoms with van der Waals surface area (Å²) in [6, 6.07) is 3.81. The van der Waals surface area contributed by atoms with Gasteiger partial charge in [-0.2, -0.15) is 5.10 Å². The van der Waals surface area contributed by atoms with Crippen molar-refractivity contribution in [3.63, 3.8) is 0 Å². The van der Waals surface area contributed by atoms with E-state index in [4.69, 9.17) is 0 Å². The number of anilines is 1. The number of amides is 1. The van der Waals surface area contributed by atoms with Crippen LogP contribution in [-0.4, -0.2) is 38.9 Å². The molecule has 1 N–H and O–H groups in total. The molecule has 1 aromatic heterocycles. The van der Waals surface area contributed by atoms with Crippen molar-refractivity contribution in [2.45, 2.75) is 51.0 Å². The predicted molar refractivity (Wildman–Crippen MR) is 106 cm³/mol. The van der Waals surface area contributed by atoms with Crippen LogP contribution >= 0.6 is 23.5 Å². The van der Waals surface area contributed by atoms with Crippen LogP contribution in [0.5, 0.6) is 0 Å². The number of carbonyl (C=O) groups excluding carboxylic acids is 1. The second kappa shape index (κ2) is 9.32. The SMILES string of the molecule is CC(C)SC(=NNC(=O)c1cc(N2CCCC2)ccn1)SC(C)C. The smallest absolute Gasteiger partial charge is 0.290 e. The summed E-state index contributed by atoms with van der Waals surface area (Å²) < 4.78 is 0.879. The Morgan fingerprint density at radius 2 is 1.83 bits per heavy atom. The van der Waals surface area contributed by atoms with Crippen molar-refractivity contribution >= 4 is 39.5 Å². The topological polar surface area (TPSA) is 57.6 Å². The third-order valence-corrected chi connectivity index (χ3v) is 5.48. The Labute approximate surface area is 153 Å². The molecule has 0 bridgehead atoms. The zero-order valence-corrected chi connectivity index (χ0v) is 16.4. The van der Waals surface area contributed by atoms with Gasteiger partial charge in [-0.3, -0.25) is 9.78 Å². The average Bonchev–Trinajstić information content (AvgIpc) is 3.06. The van der Waals surface area contributed by atoms with E-state index in [0.29, 0.717) is 16.2 Å². The lowest BCUT2D eigenvalue weighted by atomic mass is 10.3. The van der Waals surface area contributed by atoms with Crippen LogP contribution in [0.15, 0.2) is 23.4 Å². The van der Waals surface area contributed by atoms with Gasteiger partial charge in [-0.15, -0.1) is 0 Å². The summed E-state index contributed by atoms with van der Waals surface area (Å²) >= 11 is 3.32. The number of nitrogens with zero attached hydrogens (tertiary/aromatic N) is 3. The van der Waals surface area contributed by atoms with E-state index in [1.165, 1.54) is 12.8 Å². The number of pyridine rings is 1. The maximum Gasteiger partial charge on any atom is 0.290 e. The first-order chi connectivity index (χ1) is 11.5. The first-order valence-electron chi connectivity index (χ1n) is 8.38. The highest BCUT2D eigenvalue weighted by Gasteiger charge is 2.15. The number of hydrazone groups is 1. The summed E-state index contributed by atoms with van der Waals surface area (Å²) in [6.07, 6.45) is 4.10. The van der Waals surface area contributed by atoms with E-state index in [-0.39, 0.29) is 5.91 Å². The van der Waals surface area contributed by atoms with Crippen molar-refractivity contribution in [1.82, 2.24) is 10.4 Å². The van der Waals surface area contributed by atoms with Gasteiger partial charge in [-0.25, -0.2) is 5.43 Å². The van der Waals surface area contributed by atoms with Gasteiger partial charge >= 0.3 is 0 Å². The third-order valence-electron chi connectivity index (χ3n) is 3.37. The van der Waals surface area contributed by atoms with Crippen molar-refractivity contribution in [2.24, 2.45) is 5.10 Å². The standard InChI is InChI=1S/C17H26N4OS2/c1-12(2)23-17(24-13(3)4)20-19-16(22)15-11-14(7-8-18-15)21-9-5-6-10-21/h7-8,11-13H,5-6,9-10H2,1-4H3,(H,19,22). The Bertz CT molecular complexity index is 572. The number of nitrogens with one attached hydrogen (secondary N) is 1. The minimum Gasteiger partial charge on any atom is -0.371 e. The molecule has 1 amide bonds. The quantitative estimate of drug-likeness (QED) is 0.485. The van der Waals surface area contributed by atoms with Gasteiger partial charge in [0.15, 0.2) is 4.38 Å². The molecule has 0 saturated carbocycles. The molecule has 1 aliphatic heterocycles. The van der Waals surface area contributed by atoms with Crippen molar-refractivity contribution in [3.8, 4) is 0 Å². The molecule has 1 aromatic rings. The summed E-state index contributed by atoms with van der Waals surface area (Å²) in [5, 5.41) is 5.14. The fourth-order valence-corrected chi connectivity index (χ4v) is 4.73. The van der Waals surface area contributed by atoms with Crippen LogP contribution in [0.2, 0.25) is 0 Å². The highest BCUT2D eigenvalue weighted by atomic mass is 32.2. The molecule has 0 spiro atoms. The number of aromatic nitrogens is 1. The summed E-state index contributed by atoms with van der Waals surface area (Å²) in [6.45, 7) is 10.6. The zero-order valence-electron chi connectivity index (χ0n) is 14.8. The van der Waals surface area contributed by atoms with Gasteiger partial charge in [0.1, 0.15) is 5.69 Å². The molecule has 1 saturated heterocycles. The molecular formula is C17H26N4OS2. The zero-order chi connectivity index (χ0) is 17.5. The van der Waals surface area contributed by atoms with Crippen LogP contribution in [0.1, 0.15) is 51.0 Å². The van der Waals surface area contributed by atoms with Crippen LogP contribution in [-0.2, 0) is 0 Å². The van der Waals surface area contributed by atoms with E-state index in [9.17, 15) is 4.79 Å². The summed E-state index contributed by atoms with van der Waals surface area (Å²) in [7, 11) is 0. The third kappa shape index (κ3) is 6.02. The lowest BCUT2D eigenvalue weighted by Crippen LogP contribution is -2.22. The maximum atomic E-state index is 12.4. The van der Waals surface area contributed by atoms with Crippen LogP contribution in [0.25, 0.3) is 0 Å². The second-order valence-corrected chi connectivity index (χ2v) is 9.63. The van der Waals surface area contributed by atoms with Gasteiger partial charge in [-0.05, 0) is 25.0 Å². The monoisotopic (exact) mass is 366 g/mol. The van der Waals surface area contributed by atoms with Gasteiger partial charge in [-0.1, -0.05) is 51.2 Å². The first kappa shape index (κ1) is 19.1. The predicted octanol–water partition coefficient (Wildman–Crippen LogP) is 3.97. The lowest BCUT2D eigenvalue weighted by molar-refractivity contribution is 0.0950. The van der Waals surface area contributed by atoms with E-state index in [0.717, 1.165) is 23.2 Å². The van der Waals surface area contributed by atoms with Crippen LogP contribution in [0, 0.1) is 0 Å². The number of thioether (sulfide) groups is 2. The molecule has 0 aliphatic carbocycles. The molecule has 24 heavy (non-hydrogen) atoms. The van der Waals surface area contributed by atoms with E-state index < -0.39 is 0 Å². The van der Waals surface area contributed by atoms with Gasteiger partial charge < -0.3 is 4.90 Å². The highest BCUT2D eigenvalue weighted by molar-refractivity contribution is 8.39. The Balaban J connectivity index is 2.04. The van der Waals surface area contributed by atoms with Crippen LogP contribution < -0.4 is 10.3 Å². The van der Waals surface area contributed by atoms with Gasteiger partial charge in [0.25, 0.3) is 5.91 Å². The van der Waals surface area contributed by atoms with E-state index in [2.05, 4.69) is 48.1 Å². The first-order valence-corrected chi connectivity index (χ1v) is 10.1. The molecule has 5 nitrogen and oxygen atoms in total. The number of hydrogen-bond donors (Lipinski definition) is 1. The van der Waals surface area contributed by atoms with Crippen molar-refractivity contribution < 1.29 is 4.79 Å². The molecule has 0 atom stereocenters. The molecule has 1 aliphatic rings. The van der Waals surface area contributed by atoms with Gasteiger partial charge in [0.2, 0.25) is 0 Å². The summed E-state index contributed by atoms with van der Waals surface area (Å²) in [4.78, 5) is 18.8. The van der Waals surface area contributed by atoms with E-state index in [1.54, 1.807) is 29.7 Å². The molecule has 0 unspecified atom stereocenters. The fourth-order valence-electron chi connectivity index (χ4n) is 2.35. The molecule has 7 heteroatoms. The Morgan fingerprint density at radius 3 is 2.42 bits per heavy atom. The average molecular weight is 367 g/mol. The van der Waals surface area contributed by atoms with Crippen molar-refractivity contribution in [3.05, 3.63) is 24.0 Å². The number of carbonyl (C=O) groups is 1. The highest BCUT2D eigenvalue weighted by Crippen LogP contribution is 2.24. The van der Waals surface area contributed by atoms with Crippen molar-refractivity contribution in [1.29, 1.82) is 0 Å². The van der Waals surface area contributed by atoms with Crippen LogP contribution in [0.4, 0.5) is 5.69 Å².